The third-order valence-electron chi connectivity index (χ3n) is 4.06. The van der Waals surface area contributed by atoms with Gasteiger partial charge < -0.3 is 5.73 Å². The Kier molecular flexibility index (Phi) is 2.59. The quantitative estimate of drug-likeness (QED) is 0.785. The van der Waals surface area contributed by atoms with E-state index in [1.54, 1.807) is 11.1 Å². The highest BCUT2D eigenvalue weighted by molar-refractivity contribution is 5.39. The van der Waals surface area contributed by atoms with Crippen molar-refractivity contribution in [3.63, 3.8) is 0 Å². The lowest BCUT2D eigenvalue weighted by Gasteiger charge is -2.29. The van der Waals surface area contributed by atoms with Gasteiger partial charge in [0.2, 0.25) is 0 Å². The lowest BCUT2D eigenvalue weighted by Crippen LogP contribution is -2.32. The van der Waals surface area contributed by atoms with Crippen LogP contribution in [0.2, 0.25) is 0 Å². The van der Waals surface area contributed by atoms with Crippen molar-refractivity contribution in [2.24, 2.45) is 17.1 Å². The fourth-order valence-electron chi connectivity index (χ4n) is 2.55. The molecular weight excluding hydrogens is 182 g/mol. The lowest BCUT2D eigenvalue weighted by molar-refractivity contribution is 0.231. The van der Waals surface area contributed by atoms with Crippen molar-refractivity contribution in [1.29, 1.82) is 0 Å². The molecule has 0 heterocycles. The molecule has 0 amide bonds. The Bertz CT molecular complexity index is 366. The van der Waals surface area contributed by atoms with Crippen molar-refractivity contribution in [2.45, 2.75) is 33.6 Å². The standard InChI is InChI=1S/C14H21N/c1-10-5-4-6-11-7-12(8-13(10)11)14(2,3)9-15/h4-6,12H,7-9,15H2,1-3H3. The number of benzene rings is 1. The molecule has 1 unspecified atom stereocenters. The molecule has 0 aromatic heterocycles. The molecular formula is C14H21N. The minimum atomic E-state index is 0.269. The molecule has 15 heavy (non-hydrogen) atoms. The van der Waals surface area contributed by atoms with Crippen molar-refractivity contribution in [3.05, 3.63) is 34.9 Å². The van der Waals surface area contributed by atoms with Crippen LogP contribution in [0.3, 0.4) is 0 Å². The first kappa shape index (κ1) is 10.7. The molecule has 0 radical (unpaired) electrons. The molecule has 1 aromatic rings. The van der Waals surface area contributed by atoms with Crippen molar-refractivity contribution in [2.75, 3.05) is 6.54 Å². The molecule has 0 saturated carbocycles. The molecule has 0 spiro atoms. The molecule has 0 bridgehead atoms. The van der Waals surface area contributed by atoms with Gasteiger partial charge in [0.15, 0.2) is 0 Å². The third-order valence-corrected chi connectivity index (χ3v) is 4.06. The molecule has 0 saturated heterocycles. The largest absolute Gasteiger partial charge is 0.330 e. The summed E-state index contributed by atoms with van der Waals surface area (Å²) in [5.41, 5.74) is 10.7. The smallest absolute Gasteiger partial charge is 0.00229 e. The molecule has 0 fully saturated rings. The highest BCUT2D eigenvalue weighted by Crippen LogP contribution is 2.39. The van der Waals surface area contributed by atoms with Crippen LogP contribution < -0.4 is 5.73 Å². The second-order valence-electron chi connectivity index (χ2n) is 5.51. The molecule has 1 heteroatoms. The highest BCUT2D eigenvalue weighted by atomic mass is 14.6. The summed E-state index contributed by atoms with van der Waals surface area (Å²) in [6.45, 7) is 7.58. The van der Waals surface area contributed by atoms with Gasteiger partial charge in [0.05, 0.1) is 0 Å². The highest BCUT2D eigenvalue weighted by Gasteiger charge is 2.33. The Labute approximate surface area is 92.7 Å². The zero-order valence-electron chi connectivity index (χ0n) is 10.0. The van der Waals surface area contributed by atoms with E-state index in [9.17, 15) is 0 Å². The van der Waals surface area contributed by atoms with Crippen LogP contribution in [0.25, 0.3) is 0 Å². The zero-order valence-corrected chi connectivity index (χ0v) is 10.0. The van der Waals surface area contributed by atoms with Gasteiger partial charge in [-0.2, -0.15) is 0 Å². The molecule has 1 atom stereocenters. The van der Waals surface area contributed by atoms with Crippen LogP contribution in [0, 0.1) is 18.3 Å². The van der Waals surface area contributed by atoms with E-state index in [0.29, 0.717) is 0 Å². The molecule has 0 aliphatic heterocycles. The Morgan fingerprint density at radius 2 is 2.07 bits per heavy atom. The van der Waals surface area contributed by atoms with E-state index in [2.05, 4.69) is 39.0 Å². The topological polar surface area (TPSA) is 26.0 Å². The lowest BCUT2D eigenvalue weighted by atomic mass is 9.77. The average Bonchev–Trinajstić information content (AvgIpc) is 2.64. The summed E-state index contributed by atoms with van der Waals surface area (Å²) in [6, 6.07) is 6.66. The Morgan fingerprint density at radius 1 is 1.33 bits per heavy atom. The Balaban J connectivity index is 2.26. The van der Waals surface area contributed by atoms with Gasteiger partial charge in [0.25, 0.3) is 0 Å². The molecule has 1 aromatic carbocycles. The second kappa shape index (κ2) is 3.64. The van der Waals surface area contributed by atoms with Crippen LogP contribution in [0.15, 0.2) is 18.2 Å². The van der Waals surface area contributed by atoms with Crippen LogP contribution >= 0.6 is 0 Å². The van der Waals surface area contributed by atoms with E-state index in [4.69, 9.17) is 5.73 Å². The number of rotatable bonds is 2. The van der Waals surface area contributed by atoms with E-state index in [1.165, 1.54) is 18.4 Å². The molecule has 1 aliphatic carbocycles. The number of fused-ring (bicyclic) bond motifs is 1. The van der Waals surface area contributed by atoms with Crippen LogP contribution in [0.1, 0.15) is 30.5 Å². The maximum atomic E-state index is 5.86. The van der Waals surface area contributed by atoms with Crippen LogP contribution in [0.5, 0.6) is 0 Å². The van der Waals surface area contributed by atoms with Gasteiger partial charge in [-0.15, -0.1) is 0 Å². The first-order valence-electron chi connectivity index (χ1n) is 5.82. The summed E-state index contributed by atoms with van der Waals surface area (Å²) in [6.07, 6.45) is 2.42. The molecule has 1 aliphatic rings. The monoisotopic (exact) mass is 203 g/mol. The SMILES string of the molecule is Cc1cccc2c1CC(C(C)(C)CN)C2. The predicted octanol–water partition coefficient (Wildman–Crippen LogP) is 2.69. The molecule has 82 valence electrons. The van der Waals surface area contributed by atoms with Gasteiger partial charge in [-0.25, -0.2) is 0 Å². The summed E-state index contributed by atoms with van der Waals surface area (Å²) in [5, 5.41) is 0. The van der Waals surface area contributed by atoms with E-state index < -0.39 is 0 Å². The number of nitrogens with two attached hydrogens (primary N) is 1. The fraction of sp³-hybridized carbons (Fsp3) is 0.571. The second-order valence-corrected chi connectivity index (χ2v) is 5.51. The average molecular weight is 203 g/mol. The number of hydrogen-bond acceptors (Lipinski definition) is 1. The Morgan fingerprint density at radius 3 is 2.67 bits per heavy atom. The van der Waals surface area contributed by atoms with Gasteiger partial charge >= 0.3 is 0 Å². The summed E-state index contributed by atoms with van der Waals surface area (Å²) < 4.78 is 0. The first-order valence-corrected chi connectivity index (χ1v) is 5.82. The van der Waals surface area contributed by atoms with Gasteiger partial charge in [-0.1, -0.05) is 32.0 Å². The maximum absolute atomic E-state index is 5.86. The van der Waals surface area contributed by atoms with E-state index >= 15 is 0 Å². The summed E-state index contributed by atoms with van der Waals surface area (Å²) in [4.78, 5) is 0. The van der Waals surface area contributed by atoms with Crippen molar-refractivity contribution in [1.82, 2.24) is 0 Å². The van der Waals surface area contributed by atoms with Gasteiger partial charge in [-0.3, -0.25) is 0 Å². The number of aryl methyl sites for hydroxylation is 1. The fourth-order valence-corrected chi connectivity index (χ4v) is 2.55. The Hall–Kier alpha value is -0.820. The summed E-state index contributed by atoms with van der Waals surface area (Å²) in [7, 11) is 0. The zero-order chi connectivity index (χ0) is 11.1. The number of hydrogen-bond donors (Lipinski definition) is 1. The van der Waals surface area contributed by atoms with Crippen LogP contribution in [-0.2, 0) is 12.8 Å². The minimum absolute atomic E-state index is 0.269. The normalized spacial score (nSPS) is 20.4. The first-order chi connectivity index (χ1) is 7.04. The van der Waals surface area contributed by atoms with Crippen molar-refractivity contribution in [3.8, 4) is 0 Å². The molecule has 2 N–H and O–H groups in total. The summed E-state index contributed by atoms with van der Waals surface area (Å²) >= 11 is 0. The maximum Gasteiger partial charge on any atom is -0.00229 e. The van der Waals surface area contributed by atoms with E-state index in [1.807, 2.05) is 0 Å². The van der Waals surface area contributed by atoms with Crippen molar-refractivity contribution >= 4 is 0 Å². The summed E-state index contributed by atoms with van der Waals surface area (Å²) in [5.74, 6) is 0.721. The van der Waals surface area contributed by atoms with Gasteiger partial charge in [-0.05, 0) is 54.3 Å². The van der Waals surface area contributed by atoms with Crippen LogP contribution in [0.4, 0.5) is 0 Å². The predicted molar refractivity (Wildman–Crippen MR) is 64.9 cm³/mol. The van der Waals surface area contributed by atoms with Crippen molar-refractivity contribution < 1.29 is 0 Å². The molecule has 2 rings (SSSR count). The van der Waals surface area contributed by atoms with Gasteiger partial charge in [0.1, 0.15) is 0 Å². The van der Waals surface area contributed by atoms with Crippen LogP contribution in [-0.4, -0.2) is 6.54 Å². The third kappa shape index (κ3) is 1.81. The van der Waals surface area contributed by atoms with Gasteiger partial charge in [0, 0.05) is 0 Å². The minimum Gasteiger partial charge on any atom is -0.330 e. The molecule has 1 nitrogen and oxygen atoms in total. The van der Waals surface area contributed by atoms with E-state index in [0.717, 1.165) is 12.5 Å². The van der Waals surface area contributed by atoms with E-state index in [-0.39, 0.29) is 5.41 Å².